The number of hydrogen-bond acceptors (Lipinski definition) is 5. The highest BCUT2D eigenvalue weighted by atomic mass is 16.5. The highest BCUT2D eigenvalue weighted by molar-refractivity contribution is 5.89. The van der Waals surface area contributed by atoms with E-state index in [0.29, 0.717) is 13.1 Å². The van der Waals surface area contributed by atoms with E-state index in [1.54, 1.807) is 17.2 Å². The number of urea groups is 1. The van der Waals surface area contributed by atoms with Crippen molar-refractivity contribution in [2.75, 3.05) is 45.7 Å². The molecule has 2 amide bonds. The average molecular weight is 358 g/mol. The van der Waals surface area contributed by atoms with Gasteiger partial charge in [-0.05, 0) is 45.1 Å². The molecule has 1 aliphatic rings. The maximum Gasteiger partial charge on any atom is 0.321 e. The third-order valence-electron chi connectivity index (χ3n) is 4.37. The number of nitrogens with one attached hydrogen (secondary N) is 1. The molecule has 26 heavy (non-hydrogen) atoms. The number of carbonyl (C=O) groups excluding carboxylic acids is 1. The van der Waals surface area contributed by atoms with Crippen LogP contribution in [0.3, 0.4) is 0 Å². The van der Waals surface area contributed by atoms with Crippen molar-refractivity contribution >= 4 is 11.7 Å². The predicted molar refractivity (Wildman–Crippen MR) is 99.5 cm³/mol. The van der Waals surface area contributed by atoms with E-state index in [2.05, 4.69) is 20.4 Å². The zero-order valence-corrected chi connectivity index (χ0v) is 15.3. The van der Waals surface area contributed by atoms with Gasteiger partial charge >= 0.3 is 6.03 Å². The summed E-state index contributed by atoms with van der Waals surface area (Å²) in [4.78, 5) is 16.7. The minimum Gasteiger partial charge on any atom is -0.376 e. The van der Waals surface area contributed by atoms with Crippen LogP contribution >= 0.6 is 0 Å². The Balaban J connectivity index is 1.66. The van der Waals surface area contributed by atoms with Gasteiger partial charge in [0.05, 0.1) is 11.8 Å². The molecule has 2 aromatic rings. The van der Waals surface area contributed by atoms with E-state index in [-0.39, 0.29) is 12.1 Å². The summed E-state index contributed by atoms with van der Waals surface area (Å²) in [6.45, 7) is 2.87. The summed E-state index contributed by atoms with van der Waals surface area (Å²) in [5, 5.41) is 10.6. The van der Waals surface area contributed by atoms with Crippen LogP contribution < -0.4 is 5.32 Å². The van der Waals surface area contributed by atoms with Crippen molar-refractivity contribution in [3.63, 3.8) is 0 Å². The van der Waals surface area contributed by atoms with Crippen LogP contribution in [0.1, 0.15) is 12.8 Å². The normalized spacial score (nSPS) is 16.8. The number of rotatable bonds is 7. The maximum atomic E-state index is 12.8. The SMILES string of the molecule is CN(C)CCN(C[C@H]1CCCO1)C(=O)Nc1cccc(-n2cnnc2)c1. The number of anilines is 1. The van der Waals surface area contributed by atoms with Crippen LogP contribution in [-0.4, -0.2) is 77.0 Å². The lowest BCUT2D eigenvalue weighted by molar-refractivity contribution is 0.0820. The van der Waals surface area contributed by atoms with Gasteiger partial charge in [-0.1, -0.05) is 6.07 Å². The van der Waals surface area contributed by atoms with Crippen molar-refractivity contribution in [2.24, 2.45) is 0 Å². The second-order valence-electron chi connectivity index (χ2n) is 6.73. The Morgan fingerprint density at radius 1 is 1.31 bits per heavy atom. The van der Waals surface area contributed by atoms with E-state index in [1.165, 1.54) is 0 Å². The number of likely N-dealkylation sites (N-methyl/N-ethyl adjacent to an activating group) is 1. The van der Waals surface area contributed by atoms with Gasteiger partial charge in [-0.2, -0.15) is 0 Å². The van der Waals surface area contributed by atoms with Gasteiger partial charge in [0, 0.05) is 31.9 Å². The molecule has 0 radical (unpaired) electrons. The number of benzene rings is 1. The third-order valence-corrected chi connectivity index (χ3v) is 4.37. The molecule has 1 atom stereocenters. The Hall–Kier alpha value is -2.45. The van der Waals surface area contributed by atoms with Crippen molar-refractivity contribution in [1.82, 2.24) is 24.6 Å². The molecule has 0 spiro atoms. The van der Waals surface area contributed by atoms with Crippen molar-refractivity contribution in [1.29, 1.82) is 0 Å². The van der Waals surface area contributed by atoms with Gasteiger partial charge in [-0.15, -0.1) is 10.2 Å². The van der Waals surface area contributed by atoms with E-state index in [9.17, 15) is 4.79 Å². The summed E-state index contributed by atoms with van der Waals surface area (Å²) in [5.74, 6) is 0. The Morgan fingerprint density at radius 3 is 2.81 bits per heavy atom. The van der Waals surface area contributed by atoms with E-state index in [0.717, 1.165) is 37.4 Å². The number of amides is 2. The zero-order chi connectivity index (χ0) is 18.4. The summed E-state index contributed by atoms with van der Waals surface area (Å²) >= 11 is 0. The summed E-state index contributed by atoms with van der Waals surface area (Å²) in [6, 6.07) is 7.51. The second kappa shape index (κ2) is 8.77. The summed E-state index contributed by atoms with van der Waals surface area (Å²) in [6.07, 6.45) is 5.46. The van der Waals surface area contributed by atoms with Gasteiger partial charge in [-0.25, -0.2) is 4.79 Å². The van der Waals surface area contributed by atoms with E-state index >= 15 is 0 Å². The average Bonchev–Trinajstić information content (AvgIpc) is 3.32. The van der Waals surface area contributed by atoms with Crippen molar-refractivity contribution in [3.05, 3.63) is 36.9 Å². The zero-order valence-electron chi connectivity index (χ0n) is 15.3. The Labute approximate surface area is 153 Å². The van der Waals surface area contributed by atoms with E-state index in [4.69, 9.17) is 4.74 Å². The second-order valence-corrected chi connectivity index (χ2v) is 6.73. The Kier molecular flexibility index (Phi) is 6.19. The minimum absolute atomic E-state index is 0.108. The molecule has 1 fully saturated rings. The van der Waals surface area contributed by atoms with Crippen LogP contribution in [-0.2, 0) is 4.74 Å². The summed E-state index contributed by atoms with van der Waals surface area (Å²) < 4.78 is 7.50. The van der Waals surface area contributed by atoms with E-state index < -0.39 is 0 Å². The lowest BCUT2D eigenvalue weighted by atomic mass is 10.2. The first-order chi connectivity index (χ1) is 12.6. The first kappa shape index (κ1) is 18.3. The predicted octanol–water partition coefficient (Wildman–Crippen LogP) is 1.84. The lowest BCUT2D eigenvalue weighted by Gasteiger charge is -2.27. The maximum absolute atomic E-state index is 12.8. The molecule has 8 heteroatoms. The number of hydrogen-bond donors (Lipinski definition) is 1. The fourth-order valence-corrected chi connectivity index (χ4v) is 2.91. The van der Waals surface area contributed by atoms with Crippen LogP contribution in [0.2, 0.25) is 0 Å². The topological polar surface area (TPSA) is 75.5 Å². The van der Waals surface area contributed by atoms with Gasteiger partial charge < -0.3 is 19.9 Å². The molecule has 0 bridgehead atoms. The number of aromatic nitrogens is 3. The van der Waals surface area contributed by atoms with Crippen molar-refractivity contribution in [3.8, 4) is 5.69 Å². The molecule has 8 nitrogen and oxygen atoms in total. The van der Waals surface area contributed by atoms with Crippen LogP contribution in [0.25, 0.3) is 5.69 Å². The van der Waals surface area contributed by atoms with Gasteiger partial charge in [0.2, 0.25) is 0 Å². The Bertz CT molecular complexity index is 697. The van der Waals surface area contributed by atoms with Crippen molar-refractivity contribution < 1.29 is 9.53 Å². The molecule has 3 rings (SSSR count). The first-order valence-corrected chi connectivity index (χ1v) is 8.89. The van der Waals surface area contributed by atoms with Crippen molar-refractivity contribution in [2.45, 2.75) is 18.9 Å². The lowest BCUT2D eigenvalue weighted by Crippen LogP contribution is -2.43. The van der Waals surface area contributed by atoms with Crippen LogP contribution in [0.4, 0.5) is 10.5 Å². The quantitative estimate of drug-likeness (QED) is 0.817. The molecular formula is C18H26N6O2. The van der Waals surface area contributed by atoms with E-state index in [1.807, 2.05) is 43.3 Å². The summed E-state index contributed by atoms with van der Waals surface area (Å²) in [5.41, 5.74) is 1.63. The number of carbonyl (C=O) groups is 1. The minimum atomic E-state index is -0.108. The Morgan fingerprint density at radius 2 is 2.12 bits per heavy atom. The third kappa shape index (κ3) is 5.03. The van der Waals surface area contributed by atoms with Crippen LogP contribution in [0.15, 0.2) is 36.9 Å². The molecule has 1 saturated heterocycles. The molecule has 1 aromatic heterocycles. The highest BCUT2D eigenvalue weighted by Gasteiger charge is 2.22. The fourth-order valence-electron chi connectivity index (χ4n) is 2.91. The fraction of sp³-hybridized carbons (Fsp3) is 0.500. The molecule has 1 aliphatic heterocycles. The molecule has 2 heterocycles. The molecule has 0 unspecified atom stereocenters. The van der Waals surface area contributed by atoms with Gasteiger partial charge in [0.1, 0.15) is 12.7 Å². The molecular weight excluding hydrogens is 332 g/mol. The molecule has 0 saturated carbocycles. The monoisotopic (exact) mass is 358 g/mol. The van der Waals surface area contributed by atoms with Crippen LogP contribution in [0, 0.1) is 0 Å². The van der Waals surface area contributed by atoms with Gasteiger partial charge in [-0.3, -0.25) is 4.57 Å². The molecule has 0 aliphatic carbocycles. The molecule has 1 N–H and O–H groups in total. The smallest absolute Gasteiger partial charge is 0.321 e. The summed E-state index contributed by atoms with van der Waals surface area (Å²) in [7, 11) is 4.01. The molecule has 1 aromatic carbocycles. The highest BCUT2D eigenvalue weighted by Crippen LogP contribution is 2.17. The van der Waals surface area contributed by atoms with Crippen LogP contribution in [0.5, 0.6) is 0 Å². The number of nitrogens with zero attached hydrogens (tertiary/aromatic N) is 5. The van der Waals surface area contributed by atoms with Gasteiger partial charge in [0.15, 0.2) is 0 Å². The largest absolute Gasteiger partial charge is 0.376 e. The molecule has 140 valence electrons. The number of ether oxygens (including phenoxy) is 1. The first-order valence-electron chi connectivity index (χ1n) is 8.89. The standard InChI is InChI=1S/C18H26N6O2/c1-22(2)8-9-23(12-17-7-4-10-26-17)18(25)21-15-5-3-6-16(11-15)24-13-19-20-14-24/h3,5-6,11,13-14,17H,4,7-10,12H2,1-2H3,(H,21,25)/t17-/m1/s1. The van der Waals surface area contributed by atoms with Gasteiger partial charge in [0.25, 0.3) is 0 Å².